The number of ether oxygens (including phenoxy) is 2. The molecule has 0 unspecified atom stereocenters. The maximum Gasteiger partial charge on any atom is 0.415 e. The van der Waals surface area contributed by atoms with Gasteiger partial charge in [0.05, 0.1) is 0 Å². The third kappa shape index (κ3) is 5.62. The first-order chi connectivity index (χ1) is 18.1. The Morgan fingerprint density at radius 3 is 2.11 bits per heavy atom. The summed E-state index contributed by atoms with van der Waals surface area (Å²) in [5.74, 6) is -0.197. The van der Waals surface area contributed by atoms with Crippen LogP contribution in [-0.2, 0) is 22.7 Å². The van der Waals surface area contributed by atoms with Crippen LogP contribution in [0.2, 0.25) is 0 Å². The van der Waals surface area contributed by atoms with Crippen LogP contribution >= 0.6 is 0 Å². The number of hydrogen-bond acceptors (Lipinski definition) is 4. The van der Waals surface area contributed by atoms with Gasteiger partial charge in [-0.25, -0.2) is 9.18 Å². The van der Waals surface area contributed by atoms with E-state index in [-0.39, 0.29) is 0 Å². The molecule has 2 amide bonds. The minimum absolute atomic E-state index is 0.295. The van der Waals surface area contributed by atoms with Crippen LogP contribution in [0.3, 0.4) is 0 Å². The Morgan fingerprint density at radius 1 is 0.838 bits per heavy atom. The molecule has 0 saturated carbocycles. The van der Waals surface area contributed by atoms with E-state index in [0.717, 1.165) is 11.1 Å². The zero-order valence-electron chi connectivity index (χ0n) is 19.9. The van der Waals surface area contributed by atoms with E-state index in [2.05, 4.69) is 5.32 Å². The standard InChI is InChI=1S/C30H25FN2O4/c31-24-13-15-25(16-14-24)33-27(23-11-17-26(18-12-23)36-20-22-9-5-2-6-10-22)28(37-30(33)35)29(34)32-19-21-7-3-1-4-8-21/h1-18,27-28H,19-20H2,(H,32,34)/t27-,28+/m1/s1. The lowest BCUT2D eigenvalue weighted by Crippen LogP contribution is -2.39. The first-order valence-electron chi connectivity index (χ1n) is 11.9. The number of anilines is 1. The quantitative estimate of drug-likeness (QED) is 0.335. The average Bonchev–Trinajstić information content (AvgIpc) is 3.29. The van der Waals surface area contributed by atoms with Gasteiger partial charge in [-0.1, -0.05) is 72.8 Å². The number of halogens is 1. The van der Waals surface area contributed by atoms with Crippen molar-refractivity contribution in [2.45, 2.75) is 25.3 Å². The summed E-state index contributed by atoms with van der Waals surface area (Å²) in [7, 11) is 0. The lowest BCUT2D eigenvalue weighted by atomic mass is 9.99. The number of benzene rings is 4. The van der Waals surface area contributed by atoms with Gasteiger partial charge in [-0.2, -0.15) is 0 Å². The molecule has 7 heteroatoms. The smallest absolute Gasteiger partial charge is 0.415 e. The maximum atomic E-state index is 13.6. The second-order valence-electron chi connectivity index (χ2n) is 8.64. The van der Waals surface area contributed by atoms with Crippen molar-refractivity contribution in [3.63, 3.8) is 0 Å². The van der Waals surface area contributed by atoms with Crippen LogP contribution in [0.5, 0.6) is 5.75 Å². The molecule has 1 aliphatic heterocycles. The zero-order chi connectivity index (χ0) is 25.6. The molecule has 4 aromatic rings. The molecular formula is C30H25FN2O4. The third-order valence-electron chi connectivity index (χ3n) is 6.13. The van der Waals surface area contributed by atoms with E-state index in [1.165, 1.54) is 29.2 Å². The van der Waals surface area contributed by atoms with Crippen molar-refractivity contribution in [3.8, 4) is 5.75 Å². The van der Waals surface area contributed by atoms with Crippen molar-refractivity contribution in [1.29, 1.82) is 0 Å². The number of amides is 2. The van der Waals surface area contributed by atoms with Gasteiger partial charge in [0.2, 0.25) is 6.10 Å². The van der Waals surface area contributed by atoms with Crippen molar-refractivity contribution < 1.29 is 23.5 Å². The summed E-state index contributed by atoms with van der Waals surface area (Å²) in [6.45, 7) is 0.709. The van der Waals surface area contributed by atoms with Crippen molar-refractivity contribution in [2.75, 3.05) is 4.90 Å². The molecule has 0 spiro atoms. The predicted octanol–water partition coefficient (Wildman–Crippen LogP) is 5.79. The minimum atomic E-state index is -1.10. The molecule has 1 aliphatic rings. The molecule has 0 bridgehead atoms. The van der Waals surface area contributed by atoms with E-state index in [0.29, 0.717) is 30.2 Å². The summed E-state index contributed by atoms with van der Waals surface area (Å²) in [6, 6.07) is 31.2. The fourth-order valence-electron chi connectivity index (χ4n) is 4.26. The molecule has 1 N–H and O–H groups in total. The molecule has 2 atom stereocenters. The molecule has 1 saturated heterocycles. The molecule has 0 aliphatic carbocycles. The summed E-state index contributed by atoms with van der Waals surface area (Å²) in [5.41, 5.74) is 3.08. The number of nitrogens with zero attached hydrogens (tertiary/aromatic N) is 1. The van der Waals surface area contributed by atoms with Gasteiger partial charge < -0.3 is 14.8 Å². The highest BCUT2D eigenvalue weighted by molar-refractivity contribution is 5.97. The van der Waals surface area contributed by atoms with E-state index >= 15 is 0 Å². The fourth-order valence-corrected chi connectivity index (χ4v) is 4.26. The number of hydrogen-bond donors (Lipinski definition) is 1. The topological polar surface area (TPSA) is 67.9 Å². The number of rotatable bonds is 8. The van der Waals surface area contributed by atoms with Crippen LogP contribution in [0, 0.1) is 5.82 Å². The molecular weight excluding hydrogens is 471 g/mol. The second kappa shape index (κ2) is 11.0. The molecule has 37 heavy (non-hydrogen) atoms. The molecule has 6 nitrogen and oxygen atoms in total. The Kier molecular flexibility index (Phi) is 7.12. The summed E-state index contributed by atoms with van der Waals surface area (Å²) < 4.78 is 25.0. The molecule has 1 heterocycles. The van der Waals surface area contributed by atoms with Gasteiger partial charge in [-0.3, -0.25) is 9.69 Å². The fraction of sp³-hybridized carbons (Fsp3) is 0.133. The molecule has 1 fully saturated rings. The monoisotopic (exact) mass is 496 g/mol. The van der Waals surface area contributed by atoms with Crippen molar-refractivity contribution in [2.24, 2.45) is 0 Å². The largest absolute Gasteiger partial charge is 0.489 e. The molecule has 0 radical (unpaired) electrons. The summed E-state index contributed by atoms with van der Waals surface area (Å²) in [5, 5.41) is 2.86. The van der Waals surface area contributed by atoms with Crippen LogP contribution in [0.1, 0.15) is 22.7 Å². The predicted molar refractivity (Wildman–Crippen MR) is 137 cm³/mol. The molecule has 186 valence electrons. The number of carbonyl (C=O) groups is 2. The minimum Gasteiger partial charge on any atom is -0.489 e. The van der Waals surface area contributed by atoms with Crippen LogP contribution in [0.15, 0.2) is 109 Å². The van der Waals surface area contributed by atoms with Crippen LogP contribution in [-0.4, -0.2) is 18.1 Å². The molecule has 4 aromatic carbocycles. The van der Waals surface area contributed by atoms with Crippen LogP contribution < -0.4 is 15.0 Å². The van der Waals surface area contributed by atoms with Crippen LogP contribution in [0.25, 0.3) is 0 Å². The van der Waals surface area contributed by atoms with Gasteiger partial charge >= 0.3 is 6.09 Å². The van der Waals surface area contributed by atoms with Crippen molar-refractivity contribution in [1.82, 2.24) is 5.32 Å². The third-order valence-corrected chi connectivity index (χ3v) is 6.13. The van der Waals surface area contributed by atoms with Gasteiger partial charge in [0.1, 0.15) is 24.2 Å². The van der Waals surface area contributed by atoms with E-state index in [1.807, 2.05) is 60.7 Å². The average molecular weight is 497 g/mol. The van der Waals surface area contributed by atoms with Crippen molar-refractivity contribution >= 4 is 17.7 Å². The highest BCUT2D eigenvalue weighted by Gasteiger charge is 2.47. The normalized spacial score (nSPS) is 16.8. The van der Waals surface area contributed by atoms with E-state index in [1.54, 1.807) is 24.3 Å². The Morgan fingerprint density at radius 2 is 1.46 bits per heavy atom. The van der Waals surface area contributed by atoms with Gasteiger partial charge in [0, 0.05) is 12.2 Å². The van der Waals surface area contributed by atoms with Gasteiger partial charge in [0.25, 0.3) is 5.91 Å². The highest BCUT2D eigenvalue weighted by atomic mass is 19.1. The molecule has 0 aromatic heterocycles. The van der Waals surface area contributed by atoms with Gasteiger partial charge in [0.15, 0.2) is 0 Å². The Bertz CT molecular complexity index is 1350. The van der Waals surface area contributed by atoms with Crippen LogP contribution in [0.4, 0.5) is 14.9 Å². The summed E-state index contributed by atoms with van der Waals surface area (Å²) in [6.07, 6.45) is -1.78. The molecule has 5 rings (SSSR count). The Hall–Kier alpha value is -4.65. The number of carbonyl (C=O) groups excluding carboxylic acids is 2. The summed E-state index contributed by atoms with van der Waals surface area (Å²) >= 11 is 0. The zero-order valence-corrected chi connectivity index (χ0v) is 19.9. The van der Waals surface area contributed by atoms with Gasteiger partial charge in [-0.15, -0.1) is 0 Å². The Labute approximate surface area is 214 Å². The van der Waals surface area contributed by atoms with Gasteiger partial charge in [-0.05, 0) is 53.1 Å². The summed E-state index contributed by atoms with van der Waals surface area (Å²) in [4.78, 5) is 27.6. The van der Waals surface area contributed by atoms with E-state index < -0.39 is 30.0 Å². The maximum absolute atomic E-state index is 13.6. The SMILES string of the molecule is O=C(NCc1ccccc1)[C@H]1OC(=O)N(c2ccc(F)cc2)[C@@H]1c1ccc(OCc2ccccc2)cc1. The highest BCUT2D eigenvalue weighted by Crippen LogP contribution is 2.38. The first kappa shape index (κ1) is 24.1. The Balaban J connectivity index is 1.39. The first-order valence-corrected chi connectivity index (χ1v) is 11.9. The number of cyclic esters (lactones) is 1. The van der Waals surface area contributed by atoms with Crippen molar-refractivity contribution in [3.05, 3.63) is 132 Å². The lowest BCUT2D eigenvalue weighted by Gasteiger charge is -2.25. The lowest BCUT2D eigenvalue weighted by molar-refractivity contribution is -0.129. The van der Waals surface area contributed by atoms with E-state index in [4.69, 9.17) is 9.47 Å². The second-order valence-corrected chi connectivity index (χ2v) is 8.64. The van der Waals surface area contributed by atoms with E-state index in [9.17, 15) is 14.0 Å². The number of nitrogens with one attached hydrogen (secondary N) is 1.